The zero-order valence-corrected chi connectivity index (χ0v) is 19.0. The minimum Gasteiger partial charge on any atom is -0.348 e. The maximum atomic E-state index is 12.6. The Balaban J connectivity index is 1.41. The smallest absolute Gasteiger partial charge is 0.246 e. The van der Waals surface area contributed by atoms with E-state index >= 15 is 0 Å². The van der Waals surface area contributed by atoms with Crippen LogP contribution in [-0.4, -0.2) is 40.4 Å². The Morgan fingerprint density at radius 3 is 2.65 bits per heavy atom. The molecule has 1 aromatic heterocycles. The number of likely N-dealkylation sites (tertiary alicyclic amines) is 1. The molecule has 1 saturated heterocycles. The molecule has 0 unspecified atom stereocenters. The molecule has 0 saturated carbocycles. The maximum Gasteiger partial charge on any atom is 0.246 e. The monoisotopic (exact) mass is 479 g/mol. The highest BCUT2D eigenvalue weighted by molar-refractivity contribution is 9.10. The van der Waals surface area contributed by atoms with Gasteiger partial charge in [0.25, 0.3) is 0 Å². The van der Waals surface area contributed by atoms with Gasteiger partial charge in [0.1, 0.15) is 6.54 Å². The summed E-state index contributed by atoms with van der Waals surface area (Å²) in [5, 5.41) is 4.21. The van der Waals surface area contributed by atoms with E-state index in [1.54, 1.807) is 4.90 Å². The predicted molar refractivity (Wildman–Crippen MR) is 127 cm³/mol. The molecule has 0 aliphatic carbocycles. The van der Waals surface area contributed by atoms with Crippen LogP contribution in [0.15, 0.2) is 71.9 Å². The number of hydrogen-bond acceptors (Lipinski definition) is 2. The first-order valence-corrected chi connectivity index (χ1v) is 11.3. The molecule has 2 amide bonds. The van der Waals surface area contributed by atoms with E-state index in [0.717, 1.165) is 29.3 Å². The van der Waals surface area contributed by atoms with Gasteiger partial charge < -0.3 is 14.8 Å². The second kappa shape index (κ2) is 9.52. The number of nitrogens with one attached hydrogen (secondary N) is 1. The Labute approximate surface area is 190 Å². The maximum absolute atomic E-state index is 12.6. The summed E-state index contributed by atoms with van der Waals surface area (Å²) < 4.78 is 3.06. The van der Waals surface area contributed by atoms with Crippen molar-refractivity contribution < 1.29 is 9.59 Å². The van der Waals surface area contributed by atoms with Crippen LogP contribution in [0.3, 0.4) is 0 Å². The highest BCUT2D eigenvalue weighted by Crippen LogP contribution is 2.26. The largest absolute Gasteiger partial charge is 0.348 e. The van der Waals surface area contributed by atoms with E-state index in [-0.39, 0.29) is 24.4 Å². The van der Waals surface area contributed by atoms with Crippen LogP contribution in [0.25, 0.3) is 10.9 Å². The fourth-order valence-electron chi connectivity index (χ4n) is 4.11. The fraction of sp³-hybridized carbons (Fsp3) is 0.280. The molecule has 1 N–H and O–H groups in total. The number of halogens is 1. The van der Waals surface area contributed by atoms with Gasteiger partial charge in [-0.3, -0.25) is 9.59 Å². The van der Waals surface area contributed by atoms with Crippen molar-refractivity contribution in [2.75, 3.05) is 13.1 Å². The van der Waals surface area contributed by atoms with Gasteiger partial charge in [0.2, 0.25) is 11.8 Å². The highest BCUT2D eigenvalue weighted by atomic mass is 79.9. The number of carbonyl (C=O) groups is 2. The van der Waals surface area contributed by atoms with Crippen LogP contribution >= 0.6 is 15.9 Å². The Morgan fingerprint density at radius 2 is 1.90 bits per heavy atom. The van der Waals surface area contributed by atoms with Crippen molar-refractivity contribution in [3.63, 3.8) is 0 Å². The van der Waals surface area contributed by atoms with Gasteiger partial charge >= 0.3 is 0 Å². The fourth-order valence-corrected chi connectivity index (χ4v) is 4.47. The van der Waals surface area contributed by atoms with Crippen molar-refractivity contribution in [1.29, 1.82) is 0 Å². The summed E-state index contributed by atoms with van der Waals surface area (Å²) in [7, 11) is 0. The van der Waals surface area contributed by atoms with E-state index in [2.05, 4.69) is 70.4 Å². The molecular weight excluding hydrogens is 454 g/mol. The zero-order valence-electron chi connectivity index (χ0n) is 17.4. The van der Waals surface area contributed by atoms with Crippen molar-refractivity contribution in [3.8, 4) is 0 Å². The van der Waals surface area contributed by atoms with Crippen LogP contribution in [0.5, 0.6) is 0 Å². The van der Waals surface area contributed by atoms with Gasteiger partial charge in [0.15, 0.2) is 0 Å². The Morgan fingerprint density at radius 1 is 1.13 bits per heavy atom. The lowest BCUT2D eigenvalue weighted by Gasteiger charge is -2.38. The molecule has 5 nitrogen and oxygen atoms in total. The lowest BCUT2D eigenvalue weighted by molar-refractivity contribution is -0.133. The third kappa shape index (κ3) is 5.07. The summed E-state index contributed by atoms with van der Waals surface area (Å²) in [6, 6.07) is 16.7. The second-order valence-corrected chi connectivity index (χ2v) is 8.91. The van der Waals surface area contributed by atoms with E-state index in [1.807, 2.05) is 16.7 Å². The van der Waals surface area contributed by atoms with Crippen LogP contribution in [0.2, 0.25) is 0 Å². The lowest BCUT2D eigenvalue weighted by Crippen LogP contribution is -2.61. The first-order chi connectivity index (χ1) is 15.0. The molecule has 3 aromatic rings. The molecule has 1 aliphatic rings. The summed E-state index contributed by atoms with van der Waals surface area (Å²) >= 11 is 3.58. The Kier molecular flexibility index (Phi) is 6.56. The van der Waals surface area contributed by atoms with Crippen molar-refractivity contribution in [1.82, 2.24) is 14.8 Å². The van der Waals surface area contributed by atoms with Gasteiger partial charge in [0.05, 0.1) is 6.04 Å². The molecule has 0 spiro atoms. The molecule has 2 heterocycles. The standard InChI is InChI=1S/C25H26BrN3O2/c1-2-25(31)29-15-21(16-29)27-24(30)17-28-14-19(22-13-20(26)11-12-23(22)28)10-6-9-18-7-4-3-5-8-18/h2-5,7-8,11-14,21H,1,6,9-10,15-17H2,(H,27,30). The van der Waals surface area contributed by atoms with Gasteiger partial charge in [-0.1, -0.05) is 52.8 Å². The van der Waals surface area contributed by atoms with Crippen LogP contribution in [0, 0.1) is 0 Å². The highest BCUT2D eigenvalue weighted by Gasteiger charge is 2.30. The average Bonchev–Trinajstić information content (AvgIpc) is 3.07. The summed E-state index contributed by atoms with van der Waals surface area (Å²) in [5.74, 6) is -0.126. The molecule has 1 fully saturated rings. The summed E-state index contributed by atoms with van der Waals surface area (Å²) in [4.78, 5) is 25.8. The summed E-state index contributed by atoms with van der Waals surface area (Å²) in [5.41, 5.74) is 3.66. The van der Waals surface area contributed by atoms with Gasteiger partial charge in [-0.05, 0) is 54.7 Å². The summed E-state index contributed by atoms with van der Waals surface area (Å²) in [6.07, 6.45) is 6.45. The van der Waals surface area contributed by atoms with E-state index in [4.69, 9.17) is 0 Å². The quantitative estimate of drug-likeness (QED) is 0.494. The third-order valence-corrected chi connectivity index (χ3v) is 6.22. The van der Waals surface area contributed by atoms with E-state index in [9.17, 15) is 9.59 Å². The van der Waals surface area contributed by atoms with Crippen molar-refractivity contribution in [2.24, 2.45) is 0 Å². The number of fused-ring (bicyclic) bond motifs is 1. The van der Waals surface area contributed by atoms with Crippen molar-refractivity contribution in [3.05, 3.63) is 83.0 Å². The van der Waals surface area contributed by atoms with Crippen LogP contribution in [0.1, 0.15) is 17.5 Å². The molecule has 4 rings (SSSR count). The first-order valence-electron chi connectivity index (χ1n) is 10.6. The zero-order chi connectivity index (χ0) is 21.8. The second-order valence-electron chi connectivity index (χ2n) is 7.99. The number of benzene rings is 2. The van der Waals surface area contributed by atoms with Gasteiger partial charge in [-0.2, -0.15) is 0 Å². The molecule has 6 heteroatoms. The Hall–Kier alpha value is -2.86. The average molecular weight is 480 g/mol. The van der Waals surface area contributed by atoms with Crippen LogP contribution < -0.4 is 5.32 Å². The number of nitrogens with zero attached hydrogens (tertiary/aromatic N) is 2. The van der Waals surface area contributed by atoms with Gasteiger partial charge in [-0.15, -0.1) is 0 Å². The molecule has 31 heavy (non-hydrogen) atoms. The molecule has 160 valence electrons. The number of aryl methyl sites for hydroxylation is 2. The first kappa shape index (κ1) is 21.4. The number of rotatable bonds is 8. The van der Waals surface area contributed by atoms with E-state index in [1.165, 1.54) is 22.6 Å². The molecule has 2 aromatic carbocycles. The minimum absolute atomic E-state index is 0.0118. The number of carbonyl (C=O) groups excluding carboxylic acids is 2. The summed E-state index contributed by atoms with van der Waals surface area (Å²) in [6.45, 7) is 4.85. The Bertz CT molecular complexity index is 1100. The molecular formula is C25H26BrN3O2. The topological polar surface area (TPSA) is 54.3 Å². The SMILES string of the molecule is C=CC(=O)N1CC(NC(=O)Cn2cc(CCCc3ccccc3)c3cc(Br)ccc32)C1. The third-order valence-electron chi connectivity index (χ3n) is 5.73. The molecule has 0 bridgehead atoms. The van der Waals surface area contributed by atoms with Gasteiger partial charge in [-0.25, -0.2) is 0 Å². The normalized spacial score (nSPS) is 13.8. The van der Waals surface area contributed by atoms with E-state index < -0.39 is 0 Å². The van der Waals surface area contributed by atoms with Crippen LogP contribution in [-0.2, 0) is 29.0 Å². The van der Waals surface area contributed by atoms with E-state index in [0.29, 0.717) is 13.1 Å². The van der Waals surface area contributed by atoms with Crippen molar-refractivity contribution >= 4 is 38.6 Å². The minimum atomic E-state index is -0.0902. The number of hydrogen-bond donors (Lipinski definition) is 1. The molecule has 0 atom stereocenters. The molecule has 1 aliphatic heterocycles. The number of amides is 2. The lowest BCUT2D eigenvalue weighted by atomic mass is 10.0. The van der Waals surface area contributed by atoms with Crippen LogP contribution in [0.4, 0.5) is 0 Å². The molecule has 0 radical (unpaired) electrons. The van der Waals surface area contributed by atoms with Gasteiger partial charge in [0, 0.05) is 34.7 Å². The predicted octanol–water partition coefficient (Wildman–Crippen LogP) is 4.09. The van der Waals surface area contributed by atoms with Crippen molar-refractivity contribution in [2.45, 2.75) is 31.8 Å². The number of aromatic nitrogens is 1.